The van der Waals surface area contributed by atoms with Gasteiger partial charge in [0.15, 0.2) is 0 Å². The lowest BCUT2D eigenvalue weighted by atomic mass is 10.2. The van der Waals surface area contributed by atoms with Crippen molar-refractivity contribution in [2.45, 2.75) is 13.0 Å². The lowest BCUT2D eigenvalue weighted by molar-refractivity contribution is 0.00755. The molecule has 0 amide bonds. The second-order valence-corrected chi connectivity index (χ2v) is 3.13. The van der Waals surface area contributed by atoms with Gasteiger partial charge in [0, 0.05) is 12.1 Å². The number of rotatable bonds is 7. The number of benzene rings is 1. The summed E-state index contributed by atoms with van der Waals surface area (Å²) in [4.78, 5) is 0. The standard InChI is InChI=1S/C11H15F2NO2/c12-11(13)8-15-5-6-16-10-4-2-1-3-9(10)7-14/h1-4,11H,5-8,14H2. The molecule has 90 valence electrons. The van der Waals surface area contributed by atoms with Gasteiger partial charge in [-0.2, -0.15) is 0 Å². The maximum Gasteiger partial charge on any atom is 0.261 e. The van der Waals surface area contributed by atoms with Crippen LogP contribution < -0.4 is 10.5 Å². The average molecular weight is 231 g/mol. The van der Waals surface area contributed by atoms with E-state index in [4.69, 9.17) is 10.5 Å². The number of halogens is 2. The molecule has 0 spiro atoms. The van der Waals surface area contributed by atoms with E-state index in [-0.39, 0.29) is 13.2 Å². The first-order valence-electron chi connectivity index (χ1n) is 5.00. The molecule has 0 fully saturated rings. The van der Waals surface area contributed by atoms with Gasteiger partial charge >= 0.3 is 0 Å². The van der Waals surface area contributed by atoms with E-state index in [9.17, 15) is 8.78 Å². The molecule has 0 heterocycles. The Labute approximate surface area is 93.2 Å². The first kappa shape index (κ1) is 12.9. The fraction of sp³-hybridized carbons (Fsp3) is 0.455. The minimum Gasteiger partial charge on any atom is -0.491 e. The summed E-state index contributed by atoms with van der Waals surface area (Å²) >= 11 is 0. The lowest BCUT2D eigenvalue weighted by Gasteiger charge is -2.10. The van der Waals surface area contributed by atoms with Crippen LogP contribution in [0.2, 0.25) is 0 Å². The summed E-state index contributed by atoms with van der Waals surface area (Å²) in [5.41, 5.74) is 6.40. The Bertz CT molecular complexity index is 308. The third-order valence-corrected chi connectivity index (χ3v) is 1.92. The van der Waals surface area contributed by atoms with E-state index in [1.165, 1.54) is 0 Å². The second kappa shape index (κ2) is 7.14. The van der Waals surface area contributed by atoms with Crippen LogP contribution >= 0.6 is 0 Å². The van der Waals surface area contributed by atoms with Crippen LogP contribution in [0.3, 0.4) is 0 Å². The number of hydrogen-bond donors (Lipinski definition) is 1. The van der Waals surface area contributed by atoms with Gasteiger partial charge in [-0.3, -0.25) is 0 Å². The number of para-hydroxylation sites is 1. The van der Waals surface area contributed by atoms with Crippen molar-refractivity contribution >= 4 is 0 Å². The van der Waals surface area contributed by atoms with Crippen molar-refractivity contribution in [1.82, 2.24) is 0 Å². The van der Waals surface area contributed by atoms with Crippen LogP contribution in [0.1, 0.15) is 5.56 Å². The summed E-state index contributed by atoms with van der Waals surface area (Å²) in [5.74, 6) is 0.672. The number of nitrogens with two attached hydrogens (primary N) is 1. The predicted octanol–water partition coefficient (Wildman–Crippen LogP) is 1.81. The highest BCUT2D eigenvalue weighted by molar-refractivity contribution is 5.32. The van der Waals surface area contributed by atoms with E-state index in [1.807, 2.05) is 18.2 Å². The summed E-state index contributed by atoms with van der Waals surface area (Å²) in [7, 11) is 0. The SMILES string of the molecule is NCc1ccccc1OCCOCC(F)F. The molecular formula is C11H15F2NO2. The molecule has 2 N–H and O–H groups in total. The molecule has 1 aromatic carbocycles. The van der Waals surface area contributed by atoms with Gasteiger partial charge in [0.25, 0.3) is 6.43 Å². The molecule has 0 saturated heterocycles. The highest BCUT2D eigenvalue weighted by Crippen LogP contribution is 2.16. The van der Waals surface area contributed by atoms with Crippen molar-refractivity contribution in [2.75, 3.05) is 19.8 Å². The van der Waals surface area contributed by atoms with Crippen LogP contribution in [0.25, 0.3) is 0 Å². The molecule has 0 saturated carbocycles. The summed E-state index contributed by atoms with van der Waals surface area (Å²) in [5, 5.41) is 0. The van der Waals surface area contributed by atoms with Gasteiger partial charge in [-0.25, -0.2) is 8.78 Å². The molecule has 5 heteroatoms. The molecule has 1 rings (SSSR count). The quantitative estimate of drug-likeness (QED) is 0.728. The van der Waals surface area contributed by atoms with Gasteiger partial charge in [-0.1, -0.05) is 18.2 Å². The third-order valence-electron chi connectivity index (χ3n) is 1.92. The van der Waals surface area contributed by atoms with E-state index < -0.39 is 13.0 Å². The Morgan fingerprint density at radius 2 is 1.94 bits per heavy atom. The van der Waals surface area contributed by atoms with Crippen molar-refractivity contribution in [3.05, 3.63) is 29.8 Å². The van der Waals surface area contributed by atoms with Crippen molar-refractivity contribution in [3.8, 4) is 5.75 Å². The summed E-state index contributed by atoms with van der Waals surface area (Å²) in [6.45, 7) is 0.211. The lowest BCUT2D eigenvalue weighted by Crippen LogP contribution is -2.12. The Hall–Kier alpha value is -1.20. The normalized spacial score (nSPS) is 10.8. The van der Waals surface area contributed by atoms with Gasteiger partial charge in [0.2, 0.25) is 0 Å². The van der Waals surface area contributed by atoms with Crippen LogP contribution in [-0.4, -0.2) is 26.2 Å². The topological polar surface area (TPSA) is 44.5 Å². The van der Waals surface area contributed by atoms with Crippen LogP contribution in [0.5, 0.6) is 5.75 Å². The smallest absolute Gasteiger partial charge is 0.261 e. The zero-order valence-electron chi connectivity index (χ0n) is 8.86. The van der Waals surface area contributed by atoms with Crippen LogP contribution in [0.15, 0.2) is 24.3 Å². The van der Waals surface area contributed by atoms with Gasteiger partial charge in [-0.05, 0) is 6.07 Å². The van der Waals surface area contributed by atoms with E-state index in [2.05, 4.69) is 4.74 Å². The predicted molar refractivity (Wildman–Crippen MR) is 56.7 cm³/mol. The minimum atomic E-state index is -2.43. The van der Waals surface area contributed by atoms with Crippen molar-refractivity contribution in [1.29, 1.82) is 0 Å². The van der Waals surface area contributed by atoms with Crippen LogP contribution in [0, 0.1) is 0 Å². The highest BCUT2D eigenvalue weighted by Gasteiger charge is 2.03. The molecule has 1 aromatic rings. The van der Waals surface area contributed by atoms with E-state index >= 15 is 0 Å². The van der Waals surface area contributed by atoms with Crippen molar-refractivity contribution in [2.24, 2.45) is 5.73 Å². The second-order valence-electron chi connectivity index (χ2n) is 3.13. The Morgan fingerprint density at radius 3 is 2.62 bits per heavy atom. The van der Waals surface area contributed by atoms with E-state index in [1.54, 1.807) is 6.07 Å². The van der Waals surface area contributed by atoms with Gasteiger partial charge in [-0.15, -0.1) is 0 Å². The summed E-state index contributed by atoms with van der Waals surface area (Å²) in [6, 6.07) is 7.33. The summed E-state index contributed by atoms with van der Waals surface area (Å²) < 4.78 is 33.5. The molecule has 3 nitrogen and oxygen atoms in total. The molecule has 0 radical (unpaired) electrons. The highest BCUT2D eigenvalue weighted by atomic mass is 19.3. The molecule has 0 atom stereocenters. The molecule has 0 bridgehead atoms. The summed E-state index contributed by atoms with van der Waals surface area (Å²) in [6.07, 6.45) is -2.43. The molecule has 0 aliphatic heterocycles. The monoisotopic (exact) mass is 231 g/mol. The van der Waals surface area contributed by atoms with Gasteiger partial charge < -0.3 is 15.2 Å². The van der Waals surface area contributed by atoms with Crippen LogP contribution in [0.4, 0.5) is 8.78 Å². The fourth-order valence-corrected chi connectivity index (χ4v) is 1.20. The number of ether oxygens (including phenoxy) is 2. The Balaban J connectivity index is 2.26. The molecule has 0 aliphatic carbocycles. The maximum absolute atomic E-state index is 11.7. The molecular weight excluding hydrogens is 216 g/mol. The fourth-order valence-electron chi connectivity index (χ4n) is 1.20. The van der Waals surface area contributed by atoms with Crippen LogP contribution in [-0.2, 0) is 11.3 Å². The number of alkyl halides is 2. The zero-order chi connectivity index (χ0) is 11.8. The van der Waals surface area contributed by atoms with E-state index in [0.717, 1.165) is 5.56 Å². The minimum absolute atomic E-state index is 0.142. The molecule has 0 aliphatic rings. The van der Waals surface area contributed by atoms with E-state index in [0.29, 0.717) is 12.3 Å². The third kappa shape index (κ3) is 4.55. The molecule has 16 heavy (non-hydrogen) atoms. The molecule has 0 unspecified atom stereocenters. The first-order chi connectivity index (χ1) is 7.74. The number of hydrogen-bond acceptors (Lipinski definition) is 3. The van der Waals surface area contributed by atoms with Gasteiger partial charge in [0.05, 0.1) is 6.61 Å². The van der Waals surface area contributed by atoms with Crippen molar-refractivity contribution < 1.29 is 18.3 Å². The molecule has 0 aromatic heterocycles. The first-order valence-corrected chi connectivity index (χ1v) is 5.00. The largest absolute Gasteiger partial charge is 0.491 e. The maximum atomic E-state index is 11.7. The van der Waals surface area contributed by atoms with Crippen molar-refractivity contribution in [3.63, 3.8) is 0 Å². The zero-order valence-corrected chi connectivity index (χ0v) is 8.86. The van der Waals surface area contributed by atoms with Gasteiger partial charge in [0.1, 0.15) is 19.0 Å². The Morgan fingerprint density at radius 1 is 1.19 bits per heavy atom. The Kier molecular flexibility index (Phi) is 5.74. The average Bonchev–Trinajstić information content (AvgIpc) is 2.29.